The van der Waals surface area contributed by atoms with Crippen LogP contribution in [0.2, 0.25) is 5.02 Å². The fourth-order valence-corrected chi connectivity index (χ4v) is 1.97. The van der Waals surface area contributed by atoms with Crippen molar-refractivity contribution in [3.63, 3.8) is 0 Å². The van der Waals surface area contributed by atoms with Crippen molar-refractivity contribution in [2.45, 2.75) is 6.54 Å². The lowest BCUT2D eigenvalue weighted by Crippen LogP contribution is -2.27. The average molecular weight is 292 g/mol. The number of anilines is 2. The van der Waals surface area contributed by atoms with E-state index >= 15 is 0 Å². The van der Waals surface area contributed by atoms with E-state index in [2.05, 4.69) is 10.6 Å². The lowest BCUT2D eigenvalue weighted by Gasteiger charge is -2.10. The molecule has 0 aromatic heterocycles. The van der Waals surface area contributed by atoms with Crippen molar-refractivity contribution >= 4 is 40.3 Å². The molecule has 0 aliphatic carbocycles. The maximum atomic E-state index is 5.92. The topological polar surface area (TPSA) is 50.1 Å². The van der Waals surface area contributed by atoms with Gasteiger partial charge in [0.25, 0.3) is 0 Å². The minimum Gasteiger partial charge on any atom is -0.399 e. The third-order valence-corrected chi connectivity index (χ3v) is 2.99. The van der Waals surface area contributed by atoms with Crippen molar-refractivity contribution in [3.05, 3.63) is 59.1 Å². The minimum atomic E-state index is 0.560. The van der Waals surface area contributed by atoms with Crippen molar-refractivity contribution in [1.82, 2.24) is 5.32 Å². The summed E-state index contributed by atoms with van der Waals surface area (Å²) in [5, 5.41) is 7.48. The number of nitrogens with two attached hydrogens (primary N) is 1. The molecule has 2 aromatic rings. The summed E-state index contributed by atoms with van der Waals surface area (Å²) < 4.78 is 0. The summed E-state index contributed by atoms with van der Waals surface area (Å²) in [4.78, 5) is 0. The van der Waals surface area contributed by atoms with Gasteiger partial charge in [0.1, 0.15) is 0 Å². The number of thiocarbonyl (C=S) groups is 1. The molecule has 4 N–H and O–H groups in total. The Morgan fingerprint density at radius 3 is 2.58 bits per heavy atom. The van der Waals surface area contributed by atoms with Crippen LogP contribution in [-0.2, 0) is 6.54 Å². The second-order valence-corrected chi connectivity index (χ2v) is 4.90. The predicted octanol–water partition coefficient (Wildman–Crippen LogP) is 3.41. The zero-order chi connectivity index (χ0) is 13.7. The second-order valence-electron chi connectivity index (χ2n) is 4.06. The summed E-state index contributed by atoms with van der Waals surface area (Å²) in [5.74, 6) is 0. The van der Waals surface area contributed by atoms with Gasteiger partial charge in [-0.25, -0.2) is 0 Å². The van der Waals surface area contributed by atoms with Crippen molar-refractivity contribution in [2.75, 3.05) is 11.1 Å². The molecule has 0 radical (unpaired) electrons. The first-order valence-corrected chi connectivity index (χ1v) is 6.57. The number of nitrogen functional groups attached to an aromatic ring is 1. The van der Waals surface area contributed by atoms with E-state index in [0.29, 0.717) is 11.7 Å². The van der Waals surface area contributed by atoms with Gasteiger partial charge in [-0.15, -0.1) is 0 Å². The van der Waals surface area contributed by atoms with Gasteiger partial charge in [-0.1, -0.05) is 23.7 Å². The van der Waals surface area contributed by atoms with Crippen LogP contribution in [-0.4, -0.2) is 5.11 Å². The zero-order valence-corrected chi connectivity index (χ0v) is 11.8. The molecule has 0 amide bonds. The van der Waals surface area contributed by atoms with Crippen molar-refractivity contribution in [3.8, 4) is 0 Å². The molecule has 2 aromatic carbocycles. The Balaban J connectivity index is 1.86. The average Bonchev–Trinajstić information content (AvgIpc) is 2.39. The molecule has 98 valence electrons. The molecule has 0 bridgehead atoms. The summed E-state index contributed by atoms with van der Waals surface area (Å²) in [5.41, 5.74) is 8.32. The van der Waals surface area contributed by atoms with E-state index in [9.17, 15) is 0 Å². The largest absolute Gasteiger partial charge is 0.399 e. The first-order chi connectivity index (χ1) is 9.13. The van der Waals surface area contributed by atoms with Gasteiger partial charge in [0.05, 0.1) is 0 Å². The Morgan fingerprint density at radius 1 is 1.16 bits per heavy atom. The van der Waals surface area contributed by atoms with Gasteiger partial charge in [0.15, 0.2) is 5.11 Å². The van der Waals surface area contributed by atoms with Gasteiger partial charge in [-0.3, -0.25) is 0 Å². The number of halogens is 1. The lowest BCUT2D eigenvalue weighted by atomic mass is 10.2. The molecule has 0 saturated heterocycles. The molecule has 2 rings (SSSR count). The highest BCUT2D eigenvalue weighted by atomic mass is 35.5. The van der Waals surface area contributed by atoms with E-state index in [-0.39, 0.29) is 0 Å². The molecule has 0 aliphatic rings. The van der Waals surface area contributed by atoms with Crippen LogP contribution in [0.5, 0.6) is 0 Å². The Morgan fingerprint density at radius 2 is 1.89 bits per heavy atom. The molecule has 19 heavy (non-hydrogen) atoms. The number of hydrogen-bond acceptors (Lipinski definition) is 2. The lowest BCUT2D eigenvalue weighted by molar-refractivity contribution is 0.926. The van der Waals surface area contributed by atoms with Gasteiger partial charge >= 0.3 is 0 Å². The third kappa shape index (κ3) is 4.43. The van der Waals surface area contributed by atoms with Crippen LogP contribution < -0.4 is 16.4 Å². The minimum absolute atomic E-state index is 0.560. The van der Waals surface area contributed by atoms with Crippen LogP contribution in [0.15, 0.2) is 48.5 Å². The van der Waals surface area contributed by atoms with E-state index < -0.39 is 0 Å². The van der Waals surface area contributed by atoms with E-state index in [0.717, 1.165) is 22.0 Å². The molecular formula is C14H14ClN3S. The van der Waals surface area contributed by atoms with Crippen molar-refractivity contribution in [1.29, 1.82) is 0 Å². The second kappa shape index (κ2) is 6.41. The Kier molecular flexibility index (Phi) is 4.60. The number of nitrogens with one attached hydrogen (secondary N) is 2. The molecule has 0 fully saturated rings. The quantitative estimate of drug-likeness (QED) is 0.599. The van der Waals surface area contributed by atoms with Gasteiger partial charge < -0.3 is 16.4 Å². The third-order valence-electron chi connectivity index (χ3n) is 2.51. The SMILES string of the molecule is Nc1ccc(NC(=S)NCc2cccc(Cl)c2)cc1. The van der Waals surface area contributed by atoms with Crippen LogP contribution in [0.1, 0.15) is 5.56 Å². The van der Waals surface area contributed by atoms with Crippen LogP contribution in [0.3, 0.4) is 0 Å². The molecule has 0 aliphatic heterocycles. The summed E-state index contributed by atoms with van der Waals surface area (Å²) in [6.45, 7) is 0.626. The van der Waals surface area contributed by atoms with Crippen molar-refractivity contribution < 1.29 is 0 Å². The molecule has 0 saturated carbocycles. The van der Waals surface area contributed by atoms with Crippen LogP contribution in [0, 0.1) is 0 Å². The molecule has 5 heteroatoms. The van der Waals surface area contributed by atoms with Crippen LogP contribution in [0.4, 0.5) is 11.4 Å². The molecular weight excluding hydrogens is 278 g/mol. The van der Waals surface area contributed by atoms with Gasteiger partial charge in [-0.05, 0) is 54.2 Å². The summed E-state index contributed by atoms with van der Waals surface area (Å²) in [6, 6.07) is 15.0. The summed E-state index contributed by atoms with van der Waals surface area (Å²) >= 11 is 11.1. The van der Waals surface area contributed by atoms with Crippen molar-refractivity contribution in [2.24, 2.45) is 0 Å². The fourth-order valence-electron chi connectivity index (χ4n) is 1.57. The molecule has 3 nitrogen and oxygen atoms in total. The van der Waals surface area contributed by atoms with E-state index in [4.69, 9.17) is 29.6 Å². The summed E-state index contributed by atoms with van der Waals surface area (Å²) in [6.07, 6.45) is 0. The predicted molar refractivity (Wildman–Crippen MR) is 85.4 cm³/mol. The zero-order valence-electron chi connectivity index (χ0n) is 10.2. The van der Waals surface area contributed by atoms with Gasteiger partial charge in [0.2, 0.25) is 0 Å². The molecule has 0 heterocycles. The maximum absolute atomic E-state index is 5.92. The van der Waals surface area contributed by atoms with Crippen LogP contribution >= 0.6 is 23.8 Å². The summed E-state index contributed by atoms with van der Waals surface area (Å²) in [7, 11) is 0. The molecule has 0 spiro atoms. The monoisotopic (exact) mass is 291 g/mol. The highest BCUT2D eigenvalue weighted by Crippen LogP contribution is 2.11. The Hall–Kier alpha value is -1.78. The number of rotatable bonds is 3. The van der Waals surface area contributed by atoms with Crippen LogP contribution in [0.25, 0.3) is 0 Å². The van der Waals surface area contributed by atoms with E-state index in [1.807, 2.05) is 48.5 Å². The molecule has 0 atom stereocenters. The highest BCUT2D eigenvalue weighted by Gasteiger charge is 1.98. The standard InChI is InChI=1S/C14H14ClN3S/c15-11-3-1-2-10(8-11)9-17-14(19)18-13-6-4-12(16)5-7-13/h1-8H,9,16H2,(H2,17,18,19). The van der Waals surface area contributed by atoms with Gasteiger partial charge in [0, 0.05) is 22.9 Å². The smallest absolute Gasteiger partial charge is 0.171 e. The van der Waals surface area contributed by atoms with Gasteiger partial charge in [-0.2, -0.15) is 0 Å². The Bertz CT molecular complexity index is 569. The van der Waals surface area contributed by atoms with E-state index in [1.54, 1.807) is 0 Å². The normalized spacial score (nSPS) is 9.95. The van der Waals surface area contributed by atoms with E-state index in [1.165, 1.54) is 0 Å². The maximum Gasteiger partial charge on any atom is 0.171 e. The number of benzene rings is 2. The fraction of sp³-hybridized carbons (Fsp3) is 0.0714. The molecule has 0 unspecified atom stereocenters. The first kappa shape index (κ1) is 13.6. The Labute approximate surface area is 122 Å². The first-order valence-electron chi connectivity index (χ1n) is 5.78. The number of hydrogen-bond donors (Lipinski definition) is 3. The highest BCUT2D eigenvalue weighted by molar-refractivity contribution is 7.80.